The van der Waals surface area contributed by atoms with Gasteiger partial charge >= 0.3 is 0 Å². The van der Waals surface area contributed by atoms with Gasteiger partial charge in [-0.15, -0.1) is 0 Å². The molecule has 2 heterocycles. The molecule has 1 N–H and O–H groups in total. The van der Waals surface area contributed by atoms with Crippen LogP contribution in [0.25, 0.3) is 0 Å². The highest BCUT2D eigenvalue weighted by Crippen LogP contribution is 2.34. The van der Waals surface area contributed by atoms with Gasteiger partial charge in [0.15, 0.2) is 0 Å². The van der Waals surface area contributed by atoms with Gasteiger partial charge in [0, 0.05) is 13.2 Å². The summed E-state index contributed by atoms with van der Waals surface area (Å²) in [6.07, 6.45) is 4.88. The Balaban J connectivity index is 1.98. The molecule has 0 aromatic heterocycles. The molecule has 2 fully saturated rings. The summed E-state index contributed by atoms with van der Waals surface area (Å²) >= 11 is 0. The van der Waals surface area contributed by atoms with E-state index >= 15 is 0 Å². The summed E-state index contributed by atoms with van der Waals surface area (Å²) in [7, 11) is 0. The van der Waals surface area contributed by atoms with Gasteiger partial charge in [-0.25, -0.2) is 0 Å². The molecular formula is C8H14NO. The van der Waals surface area contributed by atoms with Gasteiger partial charge in [-0.3, -0.25) is 0 Å². The van der Waals surface area contributed by atoms with Crippen LogP contribution in [0.1, 0.15) is 12.8 Å². The molecule has 0 bridgehead atoms. The van der Waals surface area contributed by atoms with Crippen molar-refractivity contribution in [2.45, 2.75) is 12.8 Å². The Bertz CT molecular complexity index is 110. The Kier molecular flexibility index (Phi) is 1.66. The maximum absolute atomic E-state index is 5.27. The highest BCUT2D eigenvalue weighted by atomic mass is 16.5. The van der Waals surface area contributed by atoms with E-state index in [1.807, 2.05) is 0 Å². The molecule has 2 aliphatic heterocycles. The molecule has 2 heteroatoms. The summed E-state index contributed by atoms with van der Waals surface area (Å²) in [4.78, 5) is 0. The highest BCUT2D eigenvalue weighted by Gasteiger charge is 2.35. The fourth-order valence-electron chi connectivity index (χ4n) is 1.85. The van der Waals surface area contributed by atoms with Crippen molar-refractivity contribution in [2.75, 3.05) is 26.3 Å². The smallest absolute Gasteiger partial charge is 0.0503 e. The molecule has 2 rings (SSSR count). The molecule has 2 nitrogen and oxygen atoms in total. The molecule has 0 aliphatic carbocycles. The summed E-state index contributed by atoms with van der Waals surface area (Å²) in [6.45, 7) is 4.19. The fraction of sp³-hybridized carbons (Fsp3) is 0.875. The SMILES string of the molecule is [CH]1COCCC12CCNC2. The van der Waals surface area contributed by atoms with Crippen molar-refractivity contribution < 1.29 is 4.74 Å². The second kappa shape index (κ2) is 2.51. The molecule has 1 radical (unpaired) electrons. The third kappa shape index (κ3) is 1.06. The summed E-state index contributed by atoms with van der Waals surface area (Å²) < 4.78 is 5.27. The third-order valence-corrected chi connectivity index (χ3v) is 2.66. The second-order valence-corrected chi connectivity index (χ2v) is 3.32. The van der Waals surface area contributed by atoms with Crippen molar-refractivity contribution in [1.82, 2.24) is 5.32 Å². The zero-order valence-electron chi connectivity index (χ0n) is 6.23. The molecular weight excluding hydrogens is 126 g/mol. The lowest BCUT2D eigenvalue weighted by Gasteiger charge is -2.31. The van der Waals surface area contributed by atoms with Crippen LogP contribution in [0.3, 0.4) is 0 Å². The number of ether oxygens (including phenoxy) is 1. The lowest BCUT2D eigenvalue weighted by Crippen LogP contribution is -2.32. The molecule has 2 saturated heterocycles. The molecule has 57 valence electrons. The molecule has 1 unspecified atom stereocenters. The zero-order chi connectivity index (χ0) is 6.86. The molecule has 0 amide bonds. The van der Waals surface area contributed by atoms with E-state index in [4.69, 9.17) is 4.74 Å². The number of hydrogen-bond acceptors (Lipinski definition) is 2. The summed E-state index contributed by atoms with van der Waals surface area (Å²) in [5, 5.41) is 3.40. The first-order chi connectivity index (χ1) is 4.91. The van der Waals surface area contributed by atoms with Crippen LogP contribution >= 0.6 is 0 Å². The van der Waals surface area contributed by atoms with E-state index in [2.05, 4.69) is 11.7 Å². The third-order valence-electron chi connectivity index (χ3n) is 2.66. The van der Waals surface area contributed by atoms with Crippen LogP contribution in [0.15, 0.2) is 0 Å². The van der Waals surface area contributed by atoms with Gasteiger partial charge in [-0.05, 0) is 31.2 Å². The van der Waals surface area contributed by atoms with Crippen molar-refractivity contribution >= 4 is 0 Å². The Morgan fingerprint density at radius 2 is 2.40 bits per heavy atom. The quantitative estimate of drug-likeness (QED) is 0.531. The zero-order valence-corrected chi connectivity index (χ0v) is 6.23. The standard InChI is InChI=1S/C8H14NO/c1-4-9-7-8(1)2-5-10-6-3-8/h2,9H,1,3-7H2. The summed E-state index contributed by atoms with van der Waals surface area (Å²) in [5.41, 5.74) is 0.512. The average molecular weight is 140 g/mol. The molecule has 10 heavy (non-hydrogen) atoms. The normalized spacial score (nSPS) is 31.2. The van der Waals surface area contributed by atoms with Gasteiger partial charge in [0.25, 0.3) is 0 Å². The van der Waals surface area contributed by atoms with E-state index in [-0.39, 0.29) is 0 Å². The predicted octanol–water partition coefficient (Wildman–Crippen LogP) is 0.591. The molecule has 1 spiro atoms. The van der Waals surface area contributed by atoms with Crippen molar-refractivity contribution in [3.05, 3.63) is 6.42 Å². The fourth-order valence-corrected chi connectivity index (χ4v) is 1.85. The first-order valence-corrected chi connectivity index (χ1v) is 4.04. The first-order valence-electron chi connectivity index (χ1n) is 4.04. The average Bonchev–Trinajstić information content (AvgIpc) is 2.39. The van der Waals surface area contributed by atoms with Gasteiger partial charge in [0.05, 0.1) is 6.61 Å². The minimum Gasteiger partial charge on any atom is -0.381 e. The molecule has 0 aromatic rings. The molecule has 2 aliphatic rings. The minimum atomic E-state index is 0.512. The van der Waals surface area contributed by atoms with E-state index in [0.29, 0.717) is 5.41 Å². The van der Waals surface area contributed by atoms with Crippen molar-refractivity contribution in [1.29, 1.82) is 0 Å². The van der Waals surface area contributed by atoms with E-state index in [1.54, 1.807) is 0 Å². The van der Waals surface area contributed by atoms with E-state index in [9.17, 15) is 0 Å². The Morgan fingerprint density at radius 1 is 1.40 bits per heavy atom. The highest BCUT2D eigenvalue weighted by molar-refractivity contribution is 4.99. The van der Waals surface area contributed by atoms with Crippen molar-refractivity contribution in [3.63, 3.8) is 0 Å². The molecule has 0 aromatic carbocycles. The maximum Gasteiger partial charge on any atom is 0.0503 e. The number of nitrogens with one attached hydrogen (secondary N) is 1. The van der Waals surface area contributed by atoms with Crippen LogP contribution in [-0.2, 0) is 4.74 Å². The maximum atomic E-state index is 5.27. The summed E-state index contributed by atoms with van der Waals surface area (Å²) in [5.74, 6) is 0. The van der Waals surface area contributed by atoms with Gasteiger partial charge in [0.1, 0.15) is 0 Å². The van der Waals surface area contributed by atoms with E-state index < -0.39 is 0 Å². The minimum absolute atomic E-state index is 0.512. The van der Waals surface area contributed by atoms with E-state index in [1.165, 1.54) is 25.9 Å². The van der Waals surface area contributed by atoms with Crippen LogP contribution in [0.5, 0.6) is 0 Å². The Labute approximate surface area is 61.9 Å². The van der Waals surface area contributed by atoms with Crippen LogP contribution in [-0.4, -0.2) is 26.3 Å². The Hall–Kier alpha value is -0.0800. The lowest BCUT2D eigenvalue weighted by molar-refractivity contribution is 0.0696. The number of rotatable bonds is 0. The lowest BCUT2D eigenvalue weighted by atomic mass is 9.80. The monoisotopic (exact) mass is 140 g/mol. The first kappa shape index (κ1) is 6.62. The largest absolute Gasteiger partial charge is 0.381 e. The molecule has 0 saturated carbocycles. The van der Waals surface area contributed by atoms with E-state index in [0.717, 1.165) is 13.2 Å². The van der Waals surface area contributed by atoms with Gasteiger partial charge in [-0.1, -0.05) is 0 Å². The van der Waals surface area contributed by atoms with Crippen LogP contribution in [0, 0.1) is 11.8 Å². The topological polar surface area (TPSA) is 21.3 Å². The number of hydrogen-bond donors (Lipinski definition) is 1. The second-order valence-electron chi connectivity index (χ2n) is 3.32. The van der Waals surface area contributed by atoms with Crippen molar-refractivity contribution in [2.24, 2.45) is 5.41 Å². The van der Waals surface area contributed by atoms with Gasteiger partial charge in [0.2, 0.25) is 0 Å². The van der Waals surface area contributed by atoms with Crippen LogP contribution in [0.4, 0.5) is 0 Å². The van der Waals surface area contributed by atoms with Crippen molar-refractivity contribution in [3.8, 4) is 0 Å². The van der Waals surface area contributed by atoms with Gasteiger partial charge in [-0.2, -0.15) is 0 Å². The van der Waals surface area contributed by atoms with Crippen LogP contribution in [0.2, 0.25) is 0 Å². The van der Waals surface area contributed by atoms with Crippen LogP contribution < -0.4 is 5.32 Å². The predicted molar refractivity (Wildman–Crippen MR) is 39.7 cm³/mol. The summed E-state index contributed by atoms with van der Waals surface area (Å²) in [6, 6.07) is 0. The Morgan fingerprint density at radius 3 is 3.00 bits per heavy atom. The molecule has 1 atom stereocenters. The van der Waals surface area contributed by atoms with Gasteiger partial charge < -0.3 is 10.1 Å².